The molecule has 0 atom stereocenters. The van der Waals surface area contributed by atoms with E-state index in [0.29, 0.717) is 42.8 Å². The first-order valence-electron chi connectivity index (χ1n) is 9.24. The molecule has 1 aliphatic rings. The molecule has 0 aromatic heterocycles. The van der Waals surface area contributed by atoms with Crippen molar-refractivity contribution in [2.75, 3.05) is 40.0 Å². The summed E-state index contributed by atoms with van der Waals surface area (Å²) < 4.78 is 59.6. The third-order valence-corrected chi connectivity index (χ3v) is 6.06. The number of ether oxygens (including phenoxy) is 2. The number of benzene rings is 1. The monoisotopic (exact) mass is 434 g/mol. The lowest BCUT2D eigenvalue weighted by atomic mass is 9.98. The van der Waals surface area contributed by atoms with Crippen LogP contribution < -0.4 is 20.1 Å². The Morgan fingerprint density at radius 2 is 2.00 bits per heavy atom. The summed E-state index contributed by atoms with van der Waals surface area (Å²) in [6, 6.07) is 4.61. The standard InChI is InChI=1S/C18H28F2N4O4S/c1-21-18(22-11-13-6-8-24(9-7-13)29(3,25)26)23-12-14-10-15(27-2)4-5-16(14)28-17(19)20/h4-5,10,13,17H,6-9,11-12H2,1-3H3,(H2,21,22,23). The van der Waals surface area contributed by atoms with E-state index in [-0.39, 0.29) is 12.3 Å². The van der Waals surface area contributed by atoms with Gasteiger partial charge in [-0.1, -0.05) is 0 Å². The fourth-order valence-electron chi connectivity index (χ4n) is 3.12. The van der Waals surface area contributed by atoms with Crippen LogP contribution in [0.15, 0.2) is 23.2 Å². The first kappa shape index (κ1) is 23.1. The molecule has 0 radical (unpaired) electrons. The third kappa shape index (κ3) is 7.32. The molecule has 8 nitrogen and oxygen atoms in total. The highest BCUT2D eigenvalue weighted by Gasteiger charge is 2.24. The molecule has 164 valence electrons. The van der Waals surface area contributed by atoms with Crippen LogP contribution in [0.2, 0.25) is 0 Å². The van der Waals surface area contributed by atoms with Gasteiger partial charge in [-0.3, -0.25) is 4.99 Å². The predicted molar refractivity (Wildman–Crippen MR) is 107 cm³/mol. The van der Waals surface area contributed by atoms with E-state index in [2.05, 4.69) is 20.4 Å². The summed E-state index contributed by atoms with van der Waals surface area (Å²) in [7, 11) is -0.0311. The molecule has 0 spiro atoms. The lowest BCUT2D eigenvalue weighted by Crippen LogP contribution is -2.43. The summed E-state index contributed by atoms with van der Waals surface area (Å²) in [4.78, 5) is 4.14. The molecule has 11 heteroatoms. The van der Waals surface area contributed by atoms with Crippen LogP contribution in [0.4, 0.5) is 8.78 Å². The average molecular weight is 435 g/mol. The van der Waals surface area contributed by atoms with Crippen LogP contribution in [0.5, 0.6) is 11.5 Å². The molecule has 1 aromatic rings. The first-order chi connectivity index (χ1) is 13.7. The van der Waals surface area contributed by atoms with Gasteiger partial charge in [-0.05, 0) is 37.0 Å². The van der Waals surface area contributed by atoms with Gasteiger partial charge in [0.05, 0.1) is 13.4 Å². The fraction of sp³-hybridized carbons (Fsp3) is 0.611. The summed E-state index contributed by atoms with van der Waals surface area (Å²) in [6.07, 6.45) is 2.75. The molecule has 1 heterocycles. The van der Waals surface area contributed by atoms with Crippen molar-refractivity contribution >= 4 is 16.0 Å². The van der Waals surface area contributed by atoms with E-state index in [9.17, 15) is 17.2 Å². The van der Waals surface area contributed by atoms with Gasteiger partial charge in [0.15, 0.2) is 5.96 Å². The number of piperidine rings is 1. The normalized spacial score (nSPS) is 16.7. The van der Waals surface area contributed by atoms with E-state index in [0.717, 1.165) is 12.8 Å². The Morgan fingerprint density at radius 1 is 1.31 bits per heavy atom. The van der Waals surface area contributed by atoms with Gasteiger partial charge in [0.1, 0.15) is 11.5 Å². The highest BCUT2D eigenvalue weighted by molar-refractivity contribution is 7.88. The van der Waals surface area contributed by atoms with Gasteiger partial charge in [-0.2, -0.15) is 8.78 Å². The maximum Gasteiger partial charge on any atom is 0.387 e. The molecule has 1 aromatic carbocycles. The van der Waals surface area contributed by atoms with Crippen molar-refractivity contribution in [1.29, 1.82) is 0 Å². The Morgan fingerprint density at radius 3 is 2.55 bits per heavy atom. The van der Waals surface area contributed by atoms with E-state index in [4.69, 9.17) is 4.74 Å². The maximum atomic E-state index is 12.6. The van der Waals surface area contributed by atoms with Crippen molar-refractivity contribution in [2.24, 2.45) is 10.9 Å². The minimum absolute atomic E-state index is 0.0666. The smallest absolute Gasteiger partial charge is 0.387 e. The zero-order valence-electron chi connectivity index (χ0n) is 16.8. The molecular formula is C18H28F2N4O4S. The molecule has 2 rings (SSSR count). The molecule has 0 unspecified atom stereocenters. The predicted octanol–water partition coefficient (Wildman–Crippen LogP) is 1.63. The van der Waals surface area contributed by atoms with Crippen LogP contribution in [0.1, 0.15) is 18.4 Å². The van der Waals surface area contributed by atoms with Crippen molar-refractivity contribution < 1.29 is 26.7 Å². The highest BCUT2D eigenvalue weighted by atomic mass is 32.2. The number of alkyl halides is 2. The number of hydrogen-bond acceptors (Lipinski definition) is 5. The van der Waals surface area contributed by atoms with Crippen LogP contribution in [-0.2, 0) is 16.6 Å². The van der Waals surface area contributed by atoms with Crippen LogP contribution in [0.3, 0.4) is 0 Å². The van der Waals surface area contributed by atoms with Crippen LogP contribution in [0.25, 0.3) is 0 Å². The number of sulfonamides is 1. The Kier molecular flexibility index (Phi) is 8.45. The minimum Gasteiger partial charge on any atom is -0.497 e. The molecule has 0 aliphatic carbocycles. The number of hydrogen-bond donors (Lipinski definition) is 2. The maximum absolute atomic E-state index is 12.6. The molecule has 1 fully saturated rings. The van der Waals surface area contributed by atoms with E-state index in [1.54, 1.807) is 19.2 Å². The molecule has 0 saturated carbocycles. The number of methoxy groups -OCH3 is 1. The van der Waals surface area contributed by atoms with Crippen molar-refractivity contribution in [2.45, 2.75) is 26.0 Å². The van der Waals surface area contributed by atoms with Crippen molar-refractivity contribution in [3.8, 4) is 11.5 Å². The minimum atomic E-state index is -3.14. The Bertz CT molecular complexity index is 797. The molecule has 1 aliphatic heterocycles. The van der Waals surface area contributed by atoms with Crippen molar-refractivity contribution in [1.82, 2.24) is 14.9 Å². The Labute approximate surface area is 170 Å². The average Bonchev–Trinajstić information content (AvgIpc) is 2.68. The second kappa shape index (κ2) is 10.6. The summed E-state index contributed by atoms with van der Waals surface area (Å²) in [5.74, 6) is 1.43. The second-order valence-corrected chi connectivity index (χ2v) is 8.75. The van der Waals surface area contributed by atoms with Gasteiger partial charge in [0, 0.05) is 38.8 Å². The number of guanidine groups is 1. The topological polar surface area (TPSA) is 92.3 Å². The van der Waals surface area contributed by atoms with E-state index in [1.165, 1.54) is 23.7 Å². The van der Waals surface area contributed by atoms with Crippen LogP contribution in [-0.4, -0.2) is 65.3 Å². The number of rotatable bonds is 8. The van der Waals surface area contributed by atoms with E-state index < -0.39 is 16.6 Å². The zero-order chi connectivity index (χ0) is 21.4. The van der Waals surface area contributed by atoms with E-state index in [1.807, 2.05) is 0 Å². The quantitative estimate of drug-likeness (QED) is 0.477. The zero-order valence-corrected chi connectivity index (χ0v) is 17.6. The van der Waals surface area contributed by atoms with Gasteiger partial charge < -0.3 is 20.1 Å². The van der Waals surface area contributed by atoms with E-state index >= 15 is 0 Å². The van der Waals surface area contributed by atoms with Gasteiger partial charge in [0.25, 0.3) is 0 Å². The summed E-state index contributed by atoms with van der Waals surface area (Å²) in [6.45, 7) is -1.05. The van der Waals surface area contributed by atoms with Gasteiger partial charge >= 0.3 is 6.61 Å². The summed E-state index contributed by atoms with van der Waals surface area (Å²) in [5, 5.41) is 6.28. The van der Waals surface area contributed by atoms with Gasteiger partial charge in [-0.25, -0.2) is 12.7 Å². The Hall–Kier alpha value is -2.14. The van der Waals surface area contributed by atoms with Gasteiger partial charge in [-0.15, -0.1) is 0 Å². The van der Waals surface area contributed by atoms with Gasteiger partial charge in [0.2, 0.25) is 10.0 Å². The van der Waals surface area contributed by atoms with Crippen molar-refractivity contribution in [3.05, 3.63) is 23.8 Å². The number of aliphatic imine (C=N–C) groups is 1. The number of nitrogens with one attached hydrogen (secondary N) is 2. The molecule has 0 bridgehead atoms. The fourth-order valence-corrected chi connectivity index (χ4v) is 3.99. The molecule has 0 amide bonds. The lowest BCUT2D eigenvalue weighted by Gasteiger charge is -2.30. The van der Waals surface area contributed by atoms with Crippen LogP contribution >= 0.6 is 0 Å². The number of nitrogens with zero attached hydrogens (tertiary/aromatic N) is 2. The summed E-state index contributed by atoms with van der Waals surface area (Å²) >= 11 is 0. The third-order valence-electron chi connectivity index (χ3n) is 4.75. The summed E-state index contributed by atoms with van der Waals surface area (Å²) in [5.41, 5.74) is 0.508. The first-order valence-corrected chi connectivity index (χ1v) is 11.1. The molecule has 29 heavy (non-hydrogen) atoms. The molecule has 1 saturated heterocycles. The molecule has 2 N–H and O–H groups in total. The SMILES string of the molecule is CN=C(NCc1cc(OC)ccc1OC(F)F)NCC1CCN(S(C)(=O)=O)CC1. The highest BCUT2D eigenvalue weighted by Crippen LogP contribution is 2.25. The Balaban J connectivity index is 1.88. The second-order valence-electron chi connectivity index (χ2n) is 6.76. The number of halogens is 2. The van der Waals surface area contributed by atoms with Crippen LogP contribution in [0, 0.1) is 5.92 Å². The molecular weight excluding hydrogens is 406 g/mol. The van der Waals surface area contributed by atoms with Crippen molar-refractivity contribution in [3.63, 3.8) is 0 Å². The lowest BCUT2D eigenvalue weighted by molar-refractivity contribution is -0.0505. The largest absolute Gasteiger partial charge is 0.497 e.